The van der Waals surface area contributed by atoms with Crippen molar-refractivity contribution in [1.82, 2.24) is 0 Å². The molecule has 0 aromatic carbocycles. The van der Waals surface area contributed by atoms with E-state index in [-0.39, 0.29) is 0 Å². The predicted octanol–water partition coefficient (Wildman–Crippen LogP) is 1.98. The lowest BCUT2D eigenvalue weighted by atomic mass is 10.6. The summed E-state index contributed by atoms with van der Waals surface area (Å²) in [4.78, 5) is 0. The minimum atomic E-state index is 0.657. The highest BCUT2D eigenvalue weighted by Gasteiger charge is 1.90. The third-order valence-electron chi connectivity index (χ3n) is 0.645. The molecular formula is C4H4ClNS. The molecule has 0 aliphatic rings. The summed E-state index contributed by atoms with van der Waals surface area (Å²) in [6, 6.07) is 1.78. The molecule has 7 heavy (non-hydrogen) atoms. The van der Waals surface area contributed by atoms with Gasteiger partial charge in [0.2, 0.25) is 0 Å². The van der Waals surface area contributed by atoms with Gasteiger partial charge in [-0.1, -0.05) is 11.6 Å². The Morgan fingerprint density at radius 2 is 2.43 bits per heavy atom. The van der Waals surface area contributed by atoms with Gasteiger partial charge in [0.1, 0.15) is 5.00 Å². The number of thiophene rings is 1. The van der Waals surface area contributed by atoms with E-state index >= 15 is 0 Å². The van der Waals surface area contributed by atoms with Gasteiger partial charge in [-0.25, -0.2) is 0 Å². The summed E-state index contributed by atoms with van der Waals surface area (Å²) < 4.78 is 0. The second-order valence-electron chi connectivity index (χ2n) is 1.13. The number of nitrogen functional groups attached to an aromatic ring is 1. The maximum atomic E-state index is 5.51. The fourth-order valence-electron chi connectivity index (χ4n) is 0.305. The Hall–Kier alpha value is -0.210. The number of rotatable bonds is 0. The Kier molecular flexibility index (Phi) is 1.21. The molecule has 0 amide bonds. The van der Waals surface area contributed by atoms with E-state index in [1.165, 1.54) is 11.3 Å². The van der Waals surface area contributed by atoms with Crippen LogP contribution in [0.1, 0.15) is 0 Å². The second-order valence-corrected chi connectivity index (χ2v) is 2.49. The molecule has 0 aliphatic carbocycles. The van der Waals surface area contributed by atoms with Crippen LogP contribution in [-0.4, -0.2) is 0 Å². The van der Waals surface area contributed by atoms with Crippen LogP contribution in [0.5, 0.6) is 0 Å². The van der Waals surface area contributed by atoms with Crippen molar-refractivity contribution in [2.24, 2.45) is 0 Å². The zero-order chi connectivity index (χ0) is 5.28. The number of hydrogen-bond donors (Lipinski definition) is 1. The molecular weight excluding hydrogens is 130 g/mol. The third-order valence-corrected chi connectivity index (χ3v) is 1.83. The van der Waals surface area contributed by atoms with Crippen LogP contribution in [0.2, 0.25) is 5.02 Å². The lowest BCUT2D eigenvalue weighted by Gasteiger charge is -1.78. The van der Waals surface area contributed by atoms with E-state index in [2.05, 4.69) is 0 Å². The summed E-state index contributed by atoms with van der Waals surface area (Å²) >= 11 is 6.96. The number of anilines is 1. The predicted molar refractivity (Wildman–Crippen MR) is 33.7 cm³/mol. The first-order chi connectivity index (χ1) is 3.30. The van der Waals surface area contributed by atoms with Crippen molar-refractivity contribution in [2.75, 3.05) is 5.73 Å². The first-order valence-corrected chi connectivity index (χ1v) is 3.05. The Morgan fingerprint density at radius 1 is 1.71 bits per heavy atom. The molecule has 0 unspecified atom stereocenters. The fraction of sp³-hybridized carbons (Fsp3) is 0. The Balaban J connectivity index is 3.12. The van der Waals surface area contributed by atoms with E-state index in [1.54, 1.807) is 6.07 Å². The molecule has 0 aliphatic heterocycles. The molecule has 0 fully saturated rings. The number of hydrogen-bond acceptors (Lipinski definition) is 2. The molecule has 1 aromatic rings. The molecule has 3 heteroatoms. The van der Waals surface area contributed by atoms with Crippen LogP contribution in [0.3, 0.4) is 0 Å². The molecule has 1 heterocycles. The molecule has 1 rings (SSSR count). The van der Waals surface area contributed by atoms with E-state index in [0.29, 0.717) is 10.0 Å². The van der Waals surface area contributed by atoms with Gasteiger partial charge >= 0.3 is 0 Å². The molecule has 0 radical (unpaired) electrons. The van der Waals surface area contributed by atoms with Gasteiger partial charge in [-0.05, 0) is 11.4 Å². The molecule has 38 valence electrons. The minimum Gasteiger partial charge on any atom is -0.389 e. The lowest BCUT2D eigenvalue weighted by molar-refractivity contribution is 1.93. The zero-order valence-corrected chi connectivity index (χ0v) is 5.09. The van der Waals surface area contributed by atoms with Crippen LogP contribution in [0, 0.1) is 0 Å². The SMILES string of the molecule is Nc1sccc1Cl. The number of halogens is 1. The van der Waals surface area contributed by atoms with Gasteiger partial charge in [-0.2, -0.15) is 0 Å². The first-order valence-electron chi connectivity index (χ1n) is 1.79. The van der Waals surface area contributed by atoms with Gasteiger partial charge in [-0.15, -0.1) is 11.3 Å². The quantitative estimate of drug-likeness (QED) is 0.576. The van der Waals surface area contributed by atoms with E-state index in [9.17, 15) is 0 Å². The lowest BCUT2D eigenvalue weighted by Crippen LogP contribution is -1.75. The molecule has 1 aromatic heterocycles. The Bertz CT molecular complexity index is 144. The summed E-state index contributed by atoms with van der Waals surface area (Å²) in [5.41, 5.74) is 5.33. The summed E-state index contributed by atoms with van der Waals surface area (Å²) in [5, 5.41) is 3.21. The van der Waals surface area contributed by atoms with Gasteiger partial charge in [-0.3, -0.25) is 0 Å². The van der Waals surface area contributed by atoms with Crippen molar-refractivity contribution in [3.63, 3.8) is 0 Å². The molecule has 0 saturated heterocycles. The second kappa shape index (κ2) is 1.72. The van der Waals surface area contributed by atoms with Crippen LogP contribution in [-0.2, 0) is 0 Å². The highest BCUT2D eigenvalue weighted by molar-refractivity contribution is 7.14. The molecule has 1 nitrogen and oxygen atoms in total. The van der Waals surface area contributed by atoms with Crippen LogP contribution in [0.15, 0.2) is 11.4 Å². The highest BCUT2D eigenvalue weighted by Crippen LogP contribution is 2.23. The largest absolute Gasteiger partial charge is 0.389 e. The maximum absolute atomic E-state index is 5.51. The molecule has 0 spiro atoms. The summed E-state index contributed by atoms with van der Waals surface area (Å²) in [6.45, 7) is 0. The molecule has 0 atom stereocenters. The van der Waals surface area contributed by atoms with Gasteiger partial charge < -0.3 is 5.73 Å². The number of nitrogens with two attached hydrogens (primary N) is 1. The van der Waals surface area contributed by atoms with E-state index in [4.69, 9.17) is 17.3 Å². The average molecular weight is 134 g/mol. The van der Waals surface area contributed by atoms with Gasteiger partial charge in [0.25, 0.3) is 0 Å². The average Bonchev–Trinajstić information content (AvgIpc) is 1.91. The van der Waals surface area contributed by atoms with Gasteiger partial charge in [0.15, 0.2) is 0 Å². The van der Waals surface area contributed by atoms with Crippen LogP contribution >= 0.6 is 22.9 Å². The van der Waals surface area contributed by atoms with Crippen molar-refractivity contribution in [1.29, 1.82) is 0 Å². The fourth-order valence-corrected chi connectivity index (χ4v) is 1.11. The molecule has 2 N–H and O–H groups in total. The monoisotopic (exact) mass is 133 g/mol. The summed E-state index contributed by atoms with van der Waals surface area (Å²) in [6.07, 6.45) is 0. The topological polar surface area (TPSA) is 26.0 Å². The highest BCUT2D eigenvalue weighted by atomic mass is 35.5. The van der Waals surface area contributed by atoms with Crippen molar-refractivity contribution < 1.29 is 0 Å². The van der Waals surface area contributed by atoms with Crippen LogP contribution in [0.4, 0.5) is 5.00 Å². The normalized spacial score (nSPS) is 9.29. The van der Waals surface area contributed by atoms with Crippen molar-refractivity contribution in [3.05, 3.63) is 16.5 Å². The Labute approximate surface area is 50.7 Å². The van der Waals surface area contributed by atoms with Crippen molar-refractivity contribution in [3.8, 4) is 0 Å². The summed E-state index contributed by atoms with van der Waals surface area (Å²) in [5.74, 6) is 0. The smallest absolute Gasteiger partial charge is 0.105 e. The van der Waals surface area contributed by atoms with Crippen LogP contribution < -0.4 is 5.73 Å². The minimum absolute atomic E-state index is 0.657. The van der Waals surface area contributed by atoms with Gasteiger partial charge in [0.05, 0.1) is 5.02 Å². The molecule has 0 bridgehead atoms. The van der Waals surface area contributed by atoms with E-state index in [0.717, 1.165) is 0 Å². The van der Waals surface area contributed by atoms with Gasteiger partial charge in [0, 0.05) is 0 Å². The van der Waals surface area contributed by atoms with Crippen molar-refractivity contribution >= 4 is 27.9 Å². The van der Waals surface area contributed by atoms with E-state index in [1.807, 2.05) is 5.38 Å². The molecule has 0 saturated carbocycles. The Morgan fingerprint density at radius 3 is 2.57 bits per heavy atom. The zero-order valence-electron chi connectivity index (χ0n) is 3.52. The third kappa shape index (κ3) is 0.868. The first kappa shape index (κ1) is 4.94. The van der Waals surface area contributed by atoms with Crippen molar-refractivity contribution in [2.45, 2.75) is 0 Å². The standard InChI is InChI=1S/C4H4ClNS/c5-3-1-2-7-4(3)6/h1-2H,6H2. The maximum Gasteiger partial charge on any atom is 0.105 e. The summed E-state index contributed by atoms with van der Waals surface area (Å²) in [7, 11) is 0. The van der Waals surface area contributed by atoms with E-state index < -0.39 is 0 Å². The van der Waals surface area contributed by atoms with Crippen LogP contribution in [0.25, 0.3) is 0 Å².